The number of carbonyl (C=O) groups is 1. The van der Waals surface area contributed by atoms with Crippen molar-refractivity contribution in [2.24, 2.45) is 0 Å². The Bertz CT molecular complexity index is 1180. The number of nitrogens with zero attached hydrogens (tertiary/aromatic N) is 1. The molecule has 0 fully saturated rings. The van der Waals surface area contributed by atoms with Crippen molar-refractivity contribution in [3.05, 3.63) is 94.2 Å². The fourth-order valence-corrected chi connectivity index (χ4v) is 4.20. The Labute approximate surface area is 187 Å². The molecule has 5 heteroatoms. The van der Waals surface area contributed by atoms with Crippen molar-refractivity contribution >= 4 is 11.9 Å². The van der Waals surface area contributed by atoms with E-state index in [0.29, 0.717) is 37.0 Å². The van der Waals surface area contributed by atoms with Crippen LogP contribution in [0.4, 0.5) is 0 Å². The highest BCUT2D eigenvalue weighted by molar-refractivity contribution is 6.15. The second-order valence-corrected chi connectivity index (χ2v) is 8.06. The smallest absolute Gasteiger partial charge is 0.232 e. The van der Waals surface area contributed by atoms with Crippen LogP contribution in [0.3, 0.4) is 0 Å². The number of fused-ring (bicyclic) bond motifs is 3. The van der Waals surface area contributed by atoms with Crippen molar-refractivity contribution in [1.29, 1.82) is 0 Å². The summed E-state index contributed by atoms with van der Waals surface area (Å²) in [6.45, 7) is 6.43. The molecular formula is C27H25NO4. The van der Waals surface area contributed by atoms with Gasteiger partial charge in [-0.2, -0.15) is 0 Å². The zero-order valence-corrected chi connectivity index (χ0v) is 18.3. The van der Waals surface area contributed by atoms with E-state index < -0.39 is 0 Å². The van der Waals surface area contributed by atoms with E-state index in [4.69, 9.17) is 14.2 Å². The number of carbonyl (C=O) groups excluding carboxylic acids is 1. The summed E-state index contributed by atoms with van der Waals surface area (Å²) in [7, 11) is 0. The molecule has 3 aromatic rings. The van der Waals surface area contributed by atoms with Crippen LogP contribution in [0.2, 0.25) is 0 Å². The molecule has 32 heavy (non-hydrogen) atoms. The summed E-state index contributed by atoms with van der Waals surface area (Å²) in [4.78, 5) is 15.4. The summed E-state index contributed by atoms with van der Waals surface area (Å²) in [5, 5.41) is 0. The van der Waals surface area contributed by atoms with Gasteiger partial charge >= 0.3 is 0 Å². The minimum Gasteiger partial charge on any atom is -0.494 e. The predicted molar refractivity (Wildman–Crippen MR) is 123 cm³/mol. The average molecular weight is 428 g/mol. The number of rotatable bonds is 5. The van der Waals surface area contributed by atoms with Crippen molar-refractivity contribution < 1.29 is 19.0 Å². The average Bonchev–Trinajstić information content (AvgIpc) is 3.13. The highest BCUT2D eigenvalue weighted by Gasteiger charge is 2.35. The molecule has 0 radical (unpaired) electrons. The van der Waals surface area contributed by atoms with Gasteiger partial charge in [0.05, 0.1) is 17.7 Å². The topological polar surface area (TPSA) is 48.0 Å². The summed E-state index contributed by atoms with van der Waals surface area (Å²) in [6, 6.07) is 19.9. The second-order valence-electron chi connectivity index (χ2n) is 8.06. The third kappa shape index (κ3) is 3.87. The number of Topliss-reactive ketones (excluding diaryl/α,β-unsaturated/α-hetero) is 1. The maximum absolute atomic E-state index is 13.2. The van der Waals surface area contributed by atoms with Gasteiger partial charge in [0.1, 0.15) is 24.0 Å². The minimum absolute atomic E-state index is 0.0885. The van der Waals surface area contributed by atoms with Gasteiger partial charge in [-0.25, -0.2) is 0 Å². The Balaban J connectivity index is 1.43. The first-order chi connectivity index (χ1) is 15.6. The van der Waals surface area contributed by atoms with Crippen LogP contribution in [0, 0.1) is 6.92 Å². The van der Waals surface area contributed by atoms with Gasteiger partial charge in [0.2, 0.25) is 5.78 Å². The molecule has 0 bridgehead atoms. The van der Waals surface area contributed by atoms with E-state index >= 15 is 0 Å². The van der Waals surface area contributed by atoms with Crippen LogP contribution in [0.25, 0.3) is 6.08 Å². The van der Waals surface area contributed by atoms with Gasteiger partial charge in [0.15, 0.2) is 5.76 Å². The Morgan fingerprint density at radius 1 is 1.09 bits per heavy atom. The highest BCUT2D eigenvalue weighted by Crippen LogP contribution is 2.44. The normalized spacial score (nSPS) is 16.3. The molecule has 0 atom stereocenters. The number of allylic oxidation sites excluding steroid dienone is 1. The molecule has 3 aromatic carbocycles. The Morgan fingerprint density at radius 2 is 1.88 bits per heavy atom. The molecule has 5 rings (SSSR count). The van der Waals surface area contributed by atoms with E-state index in [9.17, 15) is 4.79 Å². The zero-order chi connectivity index (χ0) is 22.1. The lowest BCUT2D eigenvalue weighted by atomic mass is 9.98. The molecule has 5 nitrogen and oxygen atoms in total. The molecule has 0 spiro atoms. The summed E-state index contributed by atoms with van der Waals surface area (Å²) < 4.78 is 17.7. The van der Waals surface area contributed by atoms with Crippen LogP contribution in [-0.2, 0) is 13.1 Å². The van der Waals surface area contributed by atoms with Gasteiger partial charge in [-0.1, -0.05) is 42.5 Å². The van der Waals surface area contributed by atoms with Gasteiger partial charge in [0, 0.05) is 13.1 Å². The first-order valence-corrected chi connectivity index (χ1v) is 10.8. The third-order valence-electron chi connectivity index (χ3n) is 5.73. The lowest BCUT2D eigenvalue weighted by Crippen LogP contribution is -2.31. The number of ether oxygens (including phenoxy) is 3. The molecule has 0 aliphatic carbocycles. The van der Waals surface area contributed by atoms with Gasteiger partial charge in [-0.3, -0.25) is 9.69 Å². The summed E-state index contributed by atoms with van der Waals surface area (Å²) in [5.41, 5.74) is 4.53. The summed E-state index contributed by atoms with van der Waals surface area (Å²) in [5.74, 6) is 2.47. The summed E-state index contributed by atoms with van der Waals surface area (Å²) >= 11 is 0. The minimum atomic E-state index is -0.0885. The maximum Gasteiger partial charge on any atom is 0.232 e. The summed E-state index contributed by atoms with van der Waals surface area (Å²) in [6.07, 6.45) is 1.79. The van der Waals surface area contributed by atoms with Crippen LogP contribution in [-0.4, -0.2) is 24.0 Å². The standard InChI is InChI=1S/C27H25NO4/c1-3-30-21-11-9-19(10-12-21)14-24-26(29)25-18(2)13-23-22(27(25)32-24)16-28(17-31-23)15-20-7-5-4-6-8-20/h4-14H,3,15-17H2,1-2H3/b24-14-. The number of hydrogen-bond donors (Lipinski definition) is 0. The van der Waals surface area contributed by atoms with Gasteiger partial charge in [-0.15, -0.1) is 0 Å². The first kappa shape index (κ1) is 20.3. The Kier molecular flexibility index (Phi) is 5.41. The van der Waals surface area contributed by atoms with Gasteiger partial charge < -0.3 is 14.2 Å². The van der Waals surface area contributed by atoms with E-state index in [1.165, 1.54) is 5.56 Å². The zero-order valence-electron chi connectivity index (χ0n) is 18.3. The van der Waals surface area contributed by atoms with Crippen molar-refractivity contribution in [3.63, 3.8) is 0 Å². The van der Waals surface area contributed by atoms with Crippen LogP contribution in [0.5, 0.6) is 17.2 Å². The maximum atomic E-state index is 13.2. The lowest BCUT2D eigenvalue weighted by molar-refractivity contribution is 0.0872. The fraction of sp³-hybridized carbons (Fsp3) is 0.222. The Morgan fingerprint density at radius 3 is 2.62 bits per heavy atom. The quantitative estimate of drug-likeness (QED) is 0.513. The molecule has 0 N–H and O–H groups in total. The molecule has 0 saturated heterocycles. The molecular weight excluding hydrogens is 402 g/mol. The van der Waals surface area contributed by atoms with E-state index in [1.807, 2.05) is 62.4 Å². The SMILES string of the molecule is CCOc1ccc(/C=C2\Oc3c4c(cc(C)c3C2=O)OCN(Cc2ccccc2)C4)cc1. The monoisotopic (exact) mass is 427 g/mol. The van der Waals surface area contributed by atoms with Crippen LogP contribution >= 0.6 is 0 Å². The van der Waals surface area contributed by atoms with E-state index in [2.05, 4.69) is 17.0 Å². The lowest BCUT2D eigenvalue weighted by Gasteiger charge is -2.30. The van der Waals surface area contributed by atoms with Crippen LogP contribution in [0.1, 0.15) is 39.5 Å². The van der Waals surface area contributed by atoms with E-state index in [0.717, 1.165) is 34.7 Å². The van der Waals surface area contributed by atoms with Crippen molar-refractivity contribution in [2.45, 2.75) is 26.9 Å². The van der Waals surface area contributed by atoms with E-state index in [-0.39, 0.29) is 5.78 Å². The predicted octanol–water partition coefficient (Wildman–Crippen LogP) is 5.36. The number of aryl methyl sites for hydroxylation is 1. The molecule has 0 amide bonds. The molecule has 2 aliphatic heterocycles. The largest absolute Gasteiger partial charge is 0.494 e. The fourth-order valence-electron chi connectivity index (χ4n) is 4.20. The van der Waals surface area contributed by atoms with Crippen LogP contribution in [0.15, 0.2) is 66.4 Å². The molecule has 2 heterocycles. The van der Waals surface area contributed by atoms with Crippen molar-refractivity contribution in [3.8, 4) is 17.2 Å². The third-order valence-corrected chi connectivity index (χ3v) is 5.73. The number of ketones is 1. The van der Waals surface area contributed by atoms with Gasteiger partial charge in [-0.05, 0) is 54.8 Å². The molecule has 2 aliphatic rings. The van der Waals surface area contributed by atoms with Gasteiger partial charge in [0.25, 0.3) is 0 Å². The molecule has 162 valence electrons. The number of benzene rings is 3. The highest BCUT2D eigenvalue weighted by atomic mass is 16.5. The molecule has 0 aromatic heterocycles. The molecule has 0 unspecified atom stereocenters. The van der Waals surface area contributed by atoms with Crippen molar-refractivity contribution in [1.82, 2.24) is 4.90 Å². The Hall–Kier alpha value is -3.57. The first-order valence-electron chi connectivity index (χ1n) is 10.8. The van der Waals surface area contributed by atoms with Crippen molar-refractivity contribution in [2.75, 3.05) is 13.3 Å². The molecule has 0 saturated carbocycles. The van der Waals surface area contributed by atoms with Crippen LogP contribution < -0.4 is 14.2 Å². The van der Waals surface area contributed by atoms with E-state index in [1.54, 1.807) is 6.08 Å². The second kappa shape index (κ2) is 8.52. The number of hydrogen-bond acceptors (Lipinski definition) is 5.